The Morgan fingerprint density at radius 2 is 1.37 bits per heavy atom. The van der Waals surface area contributed by atoms with E-state index in [1.54, 1.807) is 48.5 Å². The Bertz CT molecular complexity index is 727. The number of carbonyl (C=O) groups is 2. The molecule has 0 aliphatic carbocycles. The van der Waals surface area contributed by atoms with Gasteiger partial charge in [-0.15, -0.1) is 23.2 Å². The van der Waals surface area contributed by atoms with Crippen molar-refractivity contribution in [2.45, 2.75) is 16.9 Å². The Labute approximate surface area is 173 Å². The molecule has 0 aliphatic rings. The van der Waals surface area contributed by atoms with Gasteiger partial charge in [0.15, 0.2) is 10.8 Å². The van der Waals surface area contributed by atoms with Gasteiger partial charge >= 0.3 is 11.9 Å². The monoisotopic (exact) mass is 426 g/mol. The van der Waals surface area contributed by atoms with E-state index in [4.69, 9.17) is 32.7 Å². The fourth-order valence-corrected chi connectivity index (χ4v) is 3.23. The van der Waals surface area contributed by atoms with Crippen molar-refractivity contribution in [3.05, 3.63) is 71.8 Å². The molecule has 0 bridgehead atoms. The predicted molar refractivity (Wildman–Crippen MR) is 109 cm³/mol. The molecule has 3 unspecified atom stereocenters. The van der Waals surface area contributed by atoms with E-state index in [9.17, 15) is 9.59 Å². The van der Waals surface area contributed by atoms with Gasteiger partial charge in [0.05, 0.1) is 0 Å². The summed E-state index contributed by atoms with van der Waals surface area (Å²) in [5, 5.41) is -1.83. The van der Waals surface area contributed by atoms with Crippen LogP contribution in [0.3, 0.4) is 0 Å². The van der Waals surface area contributed by atoms with E-state index in [0.29, 0.717) is 16.9 Å². The van der Waals surface area contributed by atoms with Gasteiger partial charge in [0.25, 0.3) is 0 Å². The van der Waals surface area contributed by atoms with Gasteiger partial charge in [0.1, 0.15) is 12.7 Å². The average molecular weight is 427 g/mol. The summed E-state index contributed by atoms with van der Waals surface area (Å²) in [6.07, 6.45) is 1.26. The molecule has 0 aliphatic heterocycles. The Morgan fingerprint density at radius 3 is 1.85 bits per heavy atom. The SMILES string of the molecule is CSCC(COC(=O)C(Cl)c1ccccc1)OC(=O)C(Cl)c1ccccc1. The second kappa shape index (κ2) is 11.2. The fraction of sp³-hybridized carbons (Fsp3) is 0.300. The molecule has 2 rings (SSSR count). The van der Waals surface area contributed by atoms with Crippen LogP contribution in [0.1, 0.15) is 21.9 Å². The van der Waals surface area contributed by atoms with Crippen LogP contribution in [0.4, 0.5) is 0 Å². The van der Waals surface area contributed by atoms with E-state index >= 15 is 0 Å². The zero-order valence-corrected chi connectivity index (χ0v) is 17.0. The van der Waals surface area contributed by atoms with Crippen molar-refractivity contribution >= 4 is 46.9 Å². The van der Waals surface area contributed by atoms with E-state index in [1.165, 1.54) is 11.8 Å². The Kier molecular flexibility index (Phi) is 8.98. The molecule has 2 aromatic carbocycles. The van der Waals surface area contributed by atoms with Crippen molar-refractivity contribution in [2.75, 3.05) is 18.6 Å². The molecule has 0 heterocycles. The third-order valence-corrected chi connectivity index (χ3v) is 5.21. The van der Waals surface area contributed by atoms with Gasteiger partial charge in [-0.2, -0.15) is 11.8 Å². The van der Waals surface area contributed by atoms with E-state index in [1.807, 2.05) is 18.4 Å². The van der Waals surface area contributed by atoms with Gasteiger partial charge < -0.3 is 9.47 Å². The Balaban J connectivity index is 1.91. The maximum absolute atomic E-state index is 12.3. The first kappa shape index (κ1) is 21.6. The van der Waals surface area contributed by atoms with E-state index in [0.717, 1.165) is 0 Å². The predicted octanol–water partition coefficient (Wildman–Crippen LogP) is 4.76. The van der Waals surface area contributed by atoms with Gasteiger partial charge in [0.2, 0.25) is 0 Å². The van der Waals surface area contributed by atoms with Crippen molar-refractivity contribution < 1.29 is 19.1 Å². The highest BCUT2D eigenvalue weighted by Crippen LogP contribution is 2.24. The molecule has 144 valence electrons. The second-order valence-electron chi connectivity index (χ2n) is 5.69. The maximum Gasteiger partial charge on any atom is 0.329 e. The van der Waals surface area contributed by atoms with Crippen LogP contribution in [0.25, 0.3) is 0 Å². The molecule has 0 saturated heterocycles. The van der Waals surface area contributed by atoms with E-state index in [-0.39, 0.29) is 6.61 Å². The summed E-state index contributed by atoms with van der Waals surface area (Å²) in [5.41, 5.74) is 1.29. The minimum absolute atomic E-state index is 0.0835. The van der Waals surface area contributed by atoms with Crippen LogP contribution in [0.15, 0.2) is 60.7 Å². The molecule has 3 atom stereocenters. The van der Waals surface area contributed by atoms with Crippen molar-refractivity contribution in [1.29, 1.82) is 0 Å². The minimum atomic E-state index is -0.920. The number of hydrogen-bond acceptors (Lipinski definition) is 5. The molecule has 7 heteroatoms. The number of carbonyl (C=O) groups excluding carboxylic acids is 2. The zero-order chi connectivity index (χ0) is 19.6. The standard InChI is InChI=1S/C20H20Cl2O4S/c1-27-13-16(26-20(24)18(22)15-10-6-3-7-11-15)12-25-19(23)17(21)14-8-4-2-5-9-14/h2-11,16-18H,12-13H2,1H3. The molecule has 0 radical (unpaired) electrons. The smallest absolute Gasteiger partial charge is 0.329 e. The summed E-state index contributed by atoms with van der Waals surface area (Å²) in [6, 6.07) is 17.8. The first-order valence-electron chi connectivity index (χ1n) is 8.27. The van der Waals surface area contributed by atoms with Gasteiger partial charge in [-0.05, 0) is 17.4 Å². The lowest BCUT2D eigenvalue weighted by Crippen LogP contribution is -2.29. The largest absolute Gasteiger partial charge is 0.460 e. The number of halogens is 2. The molecule has 0 spiro atoms. The quantitative estimate of drug-likeness (QED) is 0.427. The molecule has 0 fully saturated rings. The molecule has 0 N–H and O–H groups in total. The molecule has 2 aromatic rings. The minimum Gasteiger partial charge on any atom is -0.460 e. The lowest BCUT2D eigenvalue weighted by molar-refractivity contribution is -0.157. The average Bonchev–Trinajstić information content (AvgIpc) is 2.72. The third kappa shape index (κ3) is 6.76. The lowest BCUT2D eigenvalue weighted by atomic mass is 10.1. The summed E-state index contributed by atoms with van der Waals surface area (Å²) in [7, 11) is 0. The normalized spacial score (nSPS) is 14.0. The number of thioether (sulfide) groups is 1. The molecule has 0 amide bonds. The summed E-state index contributed by atoms with van der Waals surface area (Å²) in [6.45, 7) is -0.0835. The van der Waals surface area contributed by atoms with Gasteiger partial charge in [-0.1, -0.05) is 60.7 Å². The van der Waals surface area contributed by atoms with E-state index in [2.05, 4.69) is 0 Å². The van der Waals surface area contributed by atoms with Gasteiger partial charge in [-0.3, -0.25) is 9.59 Å². The lowest BCUT2D eigenvalue weighted by Gasteiger charge is -2.20. The first-order valence-corrected chi connectivity index (χ1v) is 10.5. The molecule has 0 saturated carbocycles. The Morgan fingerprint density at radius 1 is 0.889 bits per heavy atom. The molecule has 0 aromatic heterocycles. The molecule has 4 nitrogen and oxygen atoms in total. The summed E-state index contributed by atoms with van der Waals surface area (Å²) in [4.78, 5) is 24.5. The van der Waals surface area contributed by atoms with Crippen LogP contribution in [0.5, 0.6) is 0 Å². The molecule has 27 heavy (non-hydrogen) atoms. The summed E-state index contributed by atoms with van der Waals surface area (Å²) >= 11 is 13.8. The van der Waals surface area contributed by atoms with Crippen LogP contribution in [0.2, 0.25) is 0 Å². The Hall–Kier alpha value is -1.69. The first-order chi connectivity index (χ1) is 13.0. The maximum atomic E-state index is 12.3. The fourth-order valence-electron chi connectivity index (χ4n) is 2.29. The van der Waals surface area contributed by atoms with Crippen LogP contribution < -0.4 is 0 Å². The van der Waals surface area contributed by atoms with Crippen molar-refractivity contribution in [2.24, 2.45) is 0 Å². The topological polar surface area (TPSA) is 52.6 Å². The van der Waals surface area contributed by atoms with Crippen LogP contribution in [-0.2, 0) is 19.1 Å². The number of hydrogen-bond donors (Lipinski definition) is 0. The number of rotatable bonds is 9. The van der Waals surface area contributed by atoms with Crippen molar-refractivity contribution in [3.63, 3.8) is 0 Å². The van der Waals surface area contributed by atoms with Crippen molar-refractivity contribution in [1.82, 2.24) is 0 Å². The number of benzene rings is 2. The van der Waals surface area contributed by atoms with Crippen LogP contribution in [-0.4, -0.2) is 36.7 Å². The van der Waals surface area contributed by atoms with Crippen LogP contribution in [0, 0.1) is 0 Å². The van der Waals surface area contributed by atoms with Gasteiger partial charge in [-0.25, -0.2) is 0 Å². The summed E-state index contributed by atoms with van der Waals surface area (Å²) in [5.74, 6) is -0.700. The third-order valence-electron chi connectivity index (χ3n) is 3.65. The highest BCUT2D eigenvalue weighted by atomic mass is 35.5. The van der Waals surface area contributed by atoms with Gasteiger partial charge in [0, 0.05) is 5.75 Å². The highest BCUT2D eigenvalue weighted by Gasteiger charge is 2.25. The number of alkyl halides is 2. The number of ether oxygens (including phenoxy) is 2. The van der Waals surface area contributed by atoms with Crippen molar-refractivity contribution in [3.8, 4) is 0 Å². The van der Waals surface area contributed by atoms with E-state index < -0.39 is 28.8 Å². The van der Waals surface area contributed by atoms with Crippen LogP contribution >= 0.6 is 35.0 Å². The second-order valence-corrected chi connectivity index (χ2v) is 7.47. The zero-order valence-electron chi connectivity index (χ0n) is 14.7. The highest BCUT2D eigenvalue weighted by molar-refractivity contribution is 7.98. The molecular weight excluding hydrogens is 407 g/mol. The summed E-state index contributed by atoms with van der Waals surface area (Å²) < 4.78 is 10.7. The number of esters is 2. The molecular formula is C20H20Cl2O4S.